The van der Waals surface area contributed by atoms with Crippen LogP contribution in [0.4, 0.5) is 0 Å². The van der Waals surface area contributed by atoms with Gasteiger partial charge in [-0.3, -0.25) is 4.98 Å². The van der Waals surface area contributed by atoms with Gasteiger partial charge in [0.05, 0.1) is 0 Å². The topological polar surface area (TPSA) is 12.9 Å². The molecule has 3 atom stereocenters. The molecular weight excluding hydrogens is 218 g/mol. The third kappa shape index (κ3) is 1.37. The fourth-order valence-corrected chi connectivity index (χ4v) is 3.55. The van der Waals surface area contributed by atoms with Gasteiger partial charge < -0.3 is 0 Å². The van der Waals surface area contributed by atoms with Gasteiger partial charge in [0.2, 0.25) is 0 Å². The van der Waals surface area contributed by atoms with E-state index in [9.17, 15) is 0 Å². The Bertz CT molecular complexity index is 600. The molecule has 0 spiro atoms. The van der Waals surface area contributed by atoms with Crippen molar-refractivity contribution in [1.82, 2.24) is 4.98 Å². The molecule has 0 aliphatic heterocycles. The lowest BCUT2D eigenvalue weighted by atomic mass is 9.79. The van der Waals surface area contributed by atoms with E-state index in [-0.39, 0.29) is 0 Å². The highest BCUT2D eigenvalue weighted by atomic mass is 14.6. The molecule has 1 aromatic carbocycles. The van der Waals surface area contributed by atoms with E-state index in [1.54, 1.807) is 5.56 Å². The molecule has 1 aromatic heterocycles. The highest BCUT2D eigenvalue weighted by Gasteiger charge is 2.37. The first-order valence-corrected chi connectivity index (χ1v) is 6.60. The Hall–Kier alpha value is -1.89. The molecule has 18 heavy (non-hydrogen) atoms. The molecule has 0 amide bonds. The lowest BCUT2D eigenvalue weighted by Crippen LogP contribution is -2.09. The second kappa shape index (κ2) is 3.81. The standard InChI is InChI=1S/C17H15N/c1-2-4-16-14(3-1)13-5-6-15(17(16)11-13)12-7-9-18-10-8-12/h1-10,13,15,17H,11H2/t13-,15-,17-/m0/s1. The van der Waals surface area contributed by atoms with Crippen molar-refractivity contribution < 1.29 is 0 Å². The van der Waals surface area contributed by atoms with Crippen molar-refractivity contribution in [3.63, 3.8) is 0 Å². The SMILES string of the molecule is C1=C[C@@H](c2ccncc2)[C@@H]2C[C@H]1c1ccccc12. The summed E-state index contributed by atoms with van der Waals surface area (Å²) < 4.78 is 0. The maximum absolute atomic E-state index is 4.12. The Balaban J connectivity index is 1.82. The van der Waals surface area contributed by atoms with Gasteiger partial charge >= 0.3 is 0 Å². The van der Waals surface area contributed by atoms with Crippen LogP contribution in [0.3, 0.4) is 0 Å². The number of fused-ring (bicyclic) bond motifs is 5. The highest BCUT2D eigenvalue weighted by molar-refractivity contribution is 5.47. The van der Waals surface area contributed by atoms with Crippen LogP contribution in [0.1, 0.15) is 40.9 Å². The van der Waals surface area contributed by atoms with E-state index in [1.165, 1.54) is 17.5 Å². The number of pyridine rings is 1. The van der Waals surface area contributed by atoms with E-state index in [0.29, 0.717) is 17.8 Å². The average Bonchev–Trinajstić information content (AvgIpc) is 2.74. The van der Waals surface area contributed by atoms with E-state index in [0.717, 1.165) is 0 Å². The fourth-order valence-electron chi connectivity index (χ4n) is 3.55. The molecule has 0 saturated heterocycles. The van der Waals surface area contributed by atoms with Crippen LogP contribution in [0, 0.1) is 0 Å². The smallest absolute Gasteiger partial charge is 0.0270 e. The molecule has 0 radical (unpaired) electrons. The summed E-state index contributed by atoms with van der Waals surface area (Å²) in [6.07, 6.45) is 9.86. The van der Waals surface area contributed by atoms with Crippen LogP contribution in [0.25, 0.3) is 0 Å². The molecule has 0 saturated carbocycles. The van der Waals surface area contributed by atoms with Gasteiger partial charge in [0.15, 0.2) is 0 Å². The molecule has 1 heterocycles. The minimum absolute atomic E-state index is 0.521. The Morgan fingerprint density at radius 3 is 2.50 bits per heavy atom. The molecule has 88 valence electrons. The van der Waals surface area contributed by atoms with Gasteiger partial charge in [-0.1, -0.05) is 36.4 Å². The van der Waals surface area contributed by atoms with Crippen LogP contribution in [0.5, 0.6) is 0 Å². The Kier molecular flexibility index (Phi) is 2.13. The molecule has 0 fully saturated rings. The normalized spacial score (nSPS) is 28.1. The summed E-state index contributed by atoms with van der Waals surface area (Å²) in [4.78, 5) is 4.12. The van der Waals surface area contributed by atoms with Crippen LogP contribution in [-0.2, 0) is 0 Å². The van der Waals surface area contributed by atoms with Gasteiger partial charge in [0.1, 0.15) is 0 Å². The third-order valence-corrected chi connectivity index (χ3v) is 4.38. The summed E-state index contributed by atoms with van der Waals surface area (Å²) >= 11 is 0. The molecule has 2 aliphatic rings. The number of benzene rings is 1. The predicted molar refractivity (Wildman–Crippen MR) is 72.7 cm³/mol. The van der Waals surface area contributed by atoms with Crippen LogP contribution in [0.2, 0.25) is 0 Å². The van der Waals surface area contributed by atoms with Crippen LogP contribution in [-0.4, -0.2) is 4.98 Å². The summed E-state index contributed by atoms with van der Waals surface area (Å²) in [5.41, 5.74) is 4.48. The van der Waals surface area contributed by atoms with E-state index in [2.05, 4.69) is 53.5 Å². The fraction of sp³-hybridized carbons (Fsp3) is 0.235. The second-order valence-corrected chi connectivity index (χ2v) is 5.27. The molecule has 4 rings (SSSR count). The first kappa shape index (κ1) is 10.1. The van der Waals surface area contributed by atoms with Crippen molar-refractivity contribution in [1.29, 1.82) is 0 Å². The number of allylic oxidation sites excluding steroid dienone is 2. The average molecular weight is 233 g/mol. The van der Waals surface area contributed by atoms with Gasteiger partial charge in [0, 0.05) is 24.2 Å². The molecule has 0 unspecified atom stereocenters. The van der Waals surface area contributed by atoms with Crippen molar-refractivity contribution in [3.05, 3.63) is 77.6 Å². The van der Waals surface area contributed by atoms with Gasteiger partial charge in [-0.15, -0.1) is 0 Å². The number of nitrogens with zero attached hydrogens (tertiary/aromatic N) is 1. The van der Waals surface area contributed by atoms with Crippen LogP contribution >= 0.6 is 0 Å². The first-order chi connectivity index (χ1) is 8.93. The van der Waals surface area contributed by atoms with Crippen LogP contribution in [0.15, 0.2) is 60.9 Å². The summed E-state index contributed by atoms with van der Waals surface area (Å²) in [5, 5.41) is 0. The van der Waals surface area contributed by atoms with Gasteiger partial charge in [-0.25, -0.2) is 0 Å². The zero-order chi connectivity index (χ0) is 11.9. The second-order valence-electron chi connectivity index (χ2n) is 5.27. The number of aromatic nitrogens is 1. The summed E-state index contributed by atoms with van der Waals surface area (Å²) in [7, 11) is 0. The highest BCUT2D eigenvalue weighted by Crippen LogP contribution is 2.52. The van der Waals surface area contributed by atoms with Gasteiger partial charge in [-0.05, 0) is 41.2 Å². The quantitative estimate of drug-likeness (QED) is 0.678. The van der Waals surface area contributed by atoms with Crippen molar-refractivity contribution in [2.75, 3.05) is 0 Å². The molecule has 0 N–H and O–H groups in total. The zero-order valence-electron chi connectivity index (χ0n) is 10.2. The van der Waals surface area contributed by atoms with Gasteiger partial charge in [-0.2, -0.15) is 0 Å². The van der Waals surface area contributed by atoms with E-state index < -0.39 is 0 Å². The Labute approximate surface area is 107 Å². The minimum atomic E-state index is 0.521. The first-order valence-electron chi connectivity index (χ1n) is 6.60. The Morgan fingerprint density at radius 2 is 1.67 bits per heavy atom. The maximum atomic E-state index is 4.12. The lowest BCUT2D eigenvalue weighted by Gasteiger charge is -2.25. The number of hydrogen-bond acceptors (Lipinski definition) is 1. The Morgan fingerprint density at radius 1 is 0.889 bits per heavy atom. The monoisotopic (exact) mass is 233 g/mol. The molecule has 2 aliphatic carbocycles. The zero-order valence-corrected chi connectivity index (χ0v) is 10.2. The summed E-state index contributed by atoms with van der Waals surface area (Å²) in [6.45, 7) is 0. The van der Waals surface area contributed by atoms with Gasteiger partial charge in [0.25, 0.3) is 0 Å². The lowest BCUT2D eigenvalue weighted by molar-refractivity contribution is 0.564. The largest absolute Gasteiger partial charge is 0.265 e. The number of hydrogen-bond donors (Lipinski definition) is 0. The van der Waals surface area contributed by atoms with Crippen molar-refractivity contribution in [2.45, 2.75) is 24.2 Å². The minimum Gasteiger partial charge on any atom is -0.265 e. The van der Waals surface area contributed by atoms with E-state index in [4.69, 9.17) is 0 Å². The molecule has 1 heteroatoms. The molecule has 2 bridgehead atoms. The van der Waals surface area contributed by atoms with Crippen molar-refractivity contribution >= 4 is 0 Å². The molecule has 1 nitrogen and oxygen atoms in total. The number of rotatable bonds is 1. The molecule has 2 aromatic rings. The van der Waals surface area contributed by atoms with Crippen molar-refractivity contribution in [3.8, 4) is 0 Å². The maximum Gasteiger partial charge on any atom is 0.0270 e. The van der Waals surface area contributed by atoms with E-state index >= 15 is 0 Å². The summed E-state index contributed by atoms with van der Waals surface area (Å²) in [5.74, 6) is 1.82. The molecular formula is C17H15N. The van der Waals surface area contributed by atoms with E-state index in [1.807, 2.05) is 12.4 Å². The van der Waals surface area contributed by atoms with Crippen molar-refractivity contribution in [2.24, 2.45) is 0 Å². The van der Waals surface area contributed by atoms with Crippen LogP contribution < -0.4 is 0 Å². The summed E-state index contributed by atoms with van der Waals surface area (Å²) in [6, 6.07) is 13.2. The third-order valence-electron chi connectivity index (χ3n) is 4.38. The predicted octanol–water partition coefficient (Wildman–Crippen LogP) is 4.01.